The molecule has 0 aliphatic rings. The zero-order chi connectivity index (χ0) is 59.9. The molecular weight excluding hydrogens is 1020 g/mol. The molecule has 0 saturated carbocycles. The van der Waals surface area contributed by atoms with Crippen molar-refractivity contribution in [2.45, 2.75) is 361 Å². The van der Waals surface area contributed by atoms with E-state index in [1.165, 1.54) is 212 Å². The SMILES string of the molecule is CC/C=C\C/C=C\C/C=C\C/C=C\C/C=C\CCCCCCCCCC(=O)OCC(COC(=O)CCCCCCCCCCC/C=C\C/C=C\CCCCC)OC(=O)CCCCCCCCCCCCC/C=C\CCCCCCCCCC. The topological polar surface area (TPSA) is 78.9 Å². The van der Waals surface area contributed by atoms with Gasteiger partial charge in [0.25, 0.3) is 0 Å². The van der Waals surface area contributed by atoms with E-state index < -0.39 is 6.10 Å². The average Bonchev–Trinajstić information content (AvgIpc) is 3.49. The molecule has 0 N–H and O–H groups in total. The molecule has 83 heavy (non-hydrogen) atoms. The number of unbranched alkanes of at least 4 members (excludes halogenated alkanes) is 38. The van der Waals surface area contributed by atoms with E-state index in [2.05, 4.69) is 118 Å². The van der Waals surface area contributed by atoms with E-state index in [0.29, 0.717) is 19.3 Å². The van der Waals surface area contributed by atoms with E-state index in [1.54, 1.807) is 0 Å². The van der Waals surface area contributed by atoms with Gasteiger partial charge in [0.15, 0.2) is 6.10 Å². The van der Waals surface area contributed by atoms with Crippen LogP contribution in [0.15, 0.2) is 97.2 Å². The van der Waals surface area contributed by atoms with Crippen LogP contribution in [0.25, 0.3) is 0 Å². The Hall–Kier alpha value is -3.67. The quantitative estimate of drug-likeness (QED) is 0.0261. The lowest BCUT2D eigenvalue weighted by Gasteiger charge is -2.18. The van der Waals surface area contributed by atoms with E-state index in [4.69, 9.17) is 14.2 Å². The van der Waals surface area contributed by atoms with Crippen molar-refractivity contribution in [3.8, 4) is 0 Å². The highest BCUT2D eigenvalue weighted by atomic mass is 16.6. The summed E-state index contributed by atoms with van der Waals surface area (Å²) in [6.07, 6.45) is 95.6. The Labute approximate surface area is 515 Å². The molecule has 0 aliphatic carbocycles. The summed E-state index contributed by atoms with van der Waals surface area (Å²) in [5, 5.41) is 0. The van der Waals surface area contributed by atoms with Crippen LogP contribution in [0.1, 0.15) is 355 Å². The number of carbonyl (C=O) groups excluding carboxylic acids is 3. The predicted octanol–water partition coefficient (Wildman–Crippen LogP) is 24.8. The van der Waals surface area contributed by atoms with Crippen LogP contribution in [-0.2, 0) is 28.6 Å². The standard InChI is InChI=1S/C77H134O6/c1-4-7-10-13-16-19-22-25-28-31-34-36-38-40-43-46-49-52-55-58-61-64-67-70-76(79)82-73-74(72-81-75(78)69-66-63-60-57-54-51-48-45-42-33-30-27-24-21-18-15-12-9-6-3)83-77(80)71-68-65-62-59-56-53-50-47-44-41-39-37-35-32-29-26-23-20-17-14-11-8-5-2/h7,10,16,18-19,21,25,27-28,30,32,34-36,40,43,74H,4-6,8-9,11-15,17,20,22-24,26,29,31,33,37-39,41-42,44-73H2,1-3H3/b10-7-,19-16-,21-18-,28-25-,30-27-,35-32-,36-34-,43-40-. The highest BCUT2D eigenvalue weighted by Gasteiger charge is 2.19. The van der Waals surface area contributed by atoms with Crippen molar-refractivity contribution in [1.82, 2.24) is 0 Å². The summed E-state index contributed by atoms with van der Waals surface area (Å²) >= 11 is 0. The Bertz CT molecular complexity index is 1610. The van der Waals surface area contributed by atoms with E-state index >= 15 is 0 Å². The van der Waals surface area contributed by atoms with Crippen molar-refractivity contribution < 1.29 is 28.6 Å². The summed E-state index contributed by atoms with van der Waals surface area (Å²) in [5.41, 5.74) is 0. The minimum absolute atomic E-state index is 0.0820. The fourth-order valence-electron chi connectivity index (χ4n) is 10.2. The maximum atomic E-state index is 13.0. The van der Waals surface area contributed by atoms with Gasteiger partial charge in [-0.15, -0.1) is 0 Å². The Morgan fingerprint density at radius 2 is 0.470 bits per heavy atom. The first-order chi connectivity index (χ1) is 41.0. The molecule has 0 aliphatic heterocycles. The van der Waals surface area contributed by atoms with Gasteiger partial charge < -0.3 is 14.2 Å². The Morgan fingerprint density at radius 3 is 0.771 bits per heavy atom. The maximum Gasteiger partial charge on any atom is 0.306 e. The molecule has 0 aromatic carbocycles. The van der Waals surface area contributed by atoms with Crippen molar-refractivity contribution in [3.63, 3.8) is 0 Å². The van der Waals surface area contributed by atoms with Gasteiger partial charge in [0.1, 0.15) is 13.2 Å². The van der Waals surface area contributed by atoms with Crippen LogP contribution in [0.4, 0.5) is 0 Å². The first kappa shape index (κ1) is 79.3. The molecule has 0 saturated heterocycles. The molecule has 0 aromatic rings. The van der Waals surface area contributed by atoms with Gasteiger partial charge >= 0.3 is 17.9 Å². The smallest absolute Gasteiger partial charge is 0.306 e. The molecule has 478 valence electrons. The number of hydrogen-bond donors (Lipinski definition) is 0. The van der Waals surface area contributed by atoms with E-state index in [0.717, 1.165) is 103 Å². The predicted molar refractivity (Wildman–Crippen MR) is 362 cm³/mol. The van der Waals surface area contributed by atoms with Crippen molar-refractivity contribution in [3.05, 3.63) is 97.2 Å². The molecule has 0 rings (SSSR count). The van der Waals surface area contributed by atoms with Crippen LogP contribution in [0.3, 0.4) is 0 Å². The second-order valence-electron chi connectivity index (χ2n) is 23.8. The highest BCUT2D eigenvalue weighted by Crippen LogP contribution is 2.17. The number of ether oxygens (including phenoxy) is 3. The van der Waals surface area contributed by atoms with Gasteiger partial charge in [0.05, 0.1) is 0 Å². The molecule has 0 bridgehead atoms. The molecule has 0 fully saturated rings. The number of hydrogen-bond acceptors (Lipinski definition) is 6. The lowest BCUT2D eigenvalue weighted by atomic mass is 10.0. The monoisotopic (exact) mass is 1160 g/mol. The number of carbonyl (C=O) groups is 3. The van der Waals surface area contributed by atoms with Crippen LogP contribution in [0, 0.1) is 0 Å². The Kier molecular flexibility index (Phi) is 67.7. The lowest BCUT2D eigenvalue weighted by Crippen LogP contribution is -2.30. The van der Waals surface area contributed by atoms with Gasteiger partial charge in [-0.25, -0.2) is 0 Å². The van der Waals surface area contributed by atoms with Gasteiger partial charge in [-0.3, -0.25) is 14.4 Å². The summed E-state index contributed by atoms with van der Waals surface area (Å²) < 4.78 is 17.0. The van der Waals surface area contributed by atoms with Crippen molar-refractivity contribution in [1.29, 1.82) is 0 Å². The molecule has 0 heterocycles. The minimum Gasteiger partial charge on any atom is -0.462 e. The first-order valence-electron chi connectivity index (χ1n) is 35.7. The number of allylic oxidation sites excluding steroid dienone is 16. The van der Waals surface area contributed by atoms with E-state index in [9.17, 15) is 14.4 Å². The summed E-state index contributed by atoms with van der Waals surface area (Å²) in [6, 6.07) is 0. The van der Waals surface area contributed by atoms with Gasteiger partial charge in [0.2, 0.25) is 0 Å². The molecule has 1 atom stereocenters. The van der Waals surface area contributed by atoms with Crippen LogP contribution >= 0.6 is 0 Å². The zero-order valence-electron chi connectivity index (χ0n) is 54.9. The second-order valence-corrected chi connectivity index (χ2v) is 23.8. The fraction of sp³-hybridized carbons (Fsp3) is 0.753. The third-order valence-corrected chi connectivity index (χ3v) is 15.5. The van der Waals surface area contributed by atoms with Gasteiger partial charge in [0, 0.05) is 19.3 Å². The molecular formula is C77H134O6. The van der Waals surface area contributed by atoms with Gasteiger partial charge in [-0.05, 0) is 122 Å². The summed E-state index contributed by atoms with van der Waals surface area (Å²) in [4.78, 5) is 38.5. The maximum absolute atomic E-state index is 13.0. The Morgan fingerprint density at radius 1 is 0.253 bits per heavy atom. The lowest BCUT2D eigenvalue weighted by molar-refractivity contribution is -0.167. The second kappa shape index (κ2) is 70.8. The van der Waals surface area contributed by atoms with Gasteiger partial charge in [-0.1, -0.05) is 311 Å². The molecule has 1 unspecified atom stereocenters. The highest BCUT2D eigenvalue weighted by molar-refractivity contribution is 5.71. The van der Waals surface area contributed by atoms with E-state index in [-0.39, 0.29) is 31.1 Å². The molecule has 0 radical (unpaired) electrons. The van der Waals surface area contributed by atoms with Crippen molar-refractivity contribution in [2.75, 3.05) is 13.2 Å². The third kappa shape index (κ3) is 69.0. The largest absolute Gasteiger partial charge is 0.462 e. The molecule has 6 heteroatoms. The van der Waals surface area contributed by atoms with Crippen molar-refractivity contribution in [2.24, 2.45) is 0 Å². The Balaban J connectivity index is 4.39. The summed E-state index contributed by atoms with van der Waals surface area (Å²) in [6.45, 7) is 6.54. The third-order valence-electron chi connectivity index (χ3n) is 15.5. The zero-order valence-corrected chi connectivity index (χ0v) is 54.9. The molecule has 0 aromatic heterocycles. The molecule has 0 amide bonds. The first-order valence-corrected chi connectivity index (χ1v) is 35.7. The molecule has 0 spiro atoms. The van der Waals surface area contributed by atoms with Gasteiger partial charge in [-0.2, -0.15) is 0 Å². The number of rotatable bonds is 65. The van der Waals surface area contributed by atoms with Crippen LogP contribution < -0.4 is 0 Å². The normalized spacial score (nSPS) is 12.7. The minimum atomic E-state index is -0.788. The number of esters is 3. The van der Waals surface area contributed by atoms with Crippen LogP contribution in [0.2, 0.25) is 0 Å². The van der Waals surface area contributed by atoms with Crippen molar-refractivity contribution >= 4 is 17.9 Å². The van der Waals surface area contributed by atoms with Crippen LogP contribution in [-0.4, -0.2) is 37.2 Å². The molecule has 6 nitrogen and oxygen atoms in total. The summed E-state index contributed by atoms with van der Waals surface area (Å²) in [7, 11) is 0. The average molecular weight is 1160 g/mol. The van der Waals surface area contributed by atoms with Crippen LogP contribution in [0.5, 0.6) is 0 Å². The van der Waals surface area contributed by atoms with E-state index in [1.807, 2.05) is 0 Å². The summed E-state index contributed by atoms with van der Waals surface area (Å²) in [5.74, 6) is -0.881. The fourth-order valence-corrected chi connectivity index (χ4v) is 10.2.